The number of ether oxygens (including phenoxy) is 1. The number of benzene rings is 1. The van der Waals surface area contributed by atoms with E-state index in [4.69, 9.17) is 4.74 Å². The fourth-order valence-electron chi connectivity index (χ4n) is 2.03. The van der Waals surface area contributed by atoms with E-state index in [0.29, 0.717) is 11.3 Å². The Morgan fingerprint density at radius 2 is 2.17 bits per heavy atom. The summed E-state index contributed by atoms with van der Waals surface area (Å²) < 4.78 is 4.91. The third kappa shape index (κ3) is 2.09. The lowest BCUT2D eigenvalue weighted by molar-refractivity contribution is -0.0855. The summed E-state index contributed by atoms with van der Waals surface area (Å²) in [6.45, 7) is 3.73. The molecular formula is C13H16N2O3. The van der Waals surface area contributed by atoms with Gasteiger partial charge < -0.3 is 9.84 Å². The van der Waals surface area contributed by atoms with Crippen LogP contribution in [0.5, 0.6) is 0 Å². The molecule has 2 rings (SSSR count). The van der Waals surface area contributed by atoms with Gasteiger partial charge in [-0.1, -0.05) is 30.3 Å². The van der Waals surface area contributed by atoms with Crippen LogP contribution in [0, 0.1) is 0 Å². The predicted molar refractivity (Wildman–Crippen MR) is 66.9 cm³/mol. The maximum absolute atomic E-state index is 11.8. The molecule has 0 aromatic heterocycles. The molecule has 5 nitrogen and oxygen atoms in total. The van der Waals surface area contributed by atoms with E-state index in [2.05, 4.69) is 5.10 Å². The highest BCUT2D eigenvalue weighted by molar-refractivity contribution is 5.87. The summed E-state index contributed by atoms with van der Waals surface area (Å²) in [6, 6.07) is 9.00. The zero-order chi connectivity index (χ0) is 13.2. The van der Waals surface area contributed by atoms with Gasteiger partial charge in [-0.3, -0.25) is 0 Å². The highest BCUT2D eigenvalue weighted by Crippen LogP contribution is 2.35. The second kappa shape index (κ2) is 4.78. The molecule has 0 saturated heterocycles. The first-order valence-corrected chi connectivity index (χ1v) is 5.87. The second-order valence-electron chi connectivity index (χ2n) is 4.21. The van der Waals surface area contributed by atoms with E-state index in [1.165, 1.54) is 0 Å². The van der Waals surface area contributed by atoms with Gasteiger partial charge >= 0.3 is 6.09 Å². The second-order valence-corrected chi connectivity index (χ2v) is 4.21. The highest BCUT2D eigenvalue weighted by Gasteiger charge is 2.45. The minimum atomic E-state index is -1.45. The molecule has 1 aromatic carbocycles. The molecule has 96 valence electrons. The van der Waals surface area contributed by atoms with Crippen molar-refractivity contribution in [3.8, 4) is 0 Å². The molecule has 0 fully saturated rings. The van der Waals surface area contributed by atoms with Crippen LogP contribution in [0.15, 0.2) is 35.4 Å². The van der Waals surface area contributed by atoms with Crippen molar-refractivity contribution in [1.82, 2.24) is 5.01 Å². The molecule has 18 heavy (non-hydrogen) atoms. The van der Waals surface area contributed by atoms with Gasteiger partial charge in [-0.2, -0.15) is 10.1 Å². The first kappa shape index (κ1) is 12.6. The Balaban J connectivity index is 2.34. The van der Waals surface area contributed by atoms with Crippen LogP contribution < -0.4 is 0 Å². The Hall–Kier alpha value is -1.88. The topological polar surface area (TPSA) is 62.1 Å². The quantitative estimate of drug-likeness (QED) is 0.871. The smallest absolute Gasteiger partial charge is 0.433 e. The maximum Gasteiger partial charge on any atom is 0.433 e. The molecule has 1 aliphatic heterocycles. The fraction of sp³-hybridized carbons (Fsp3) is 0.385. The number of aliphatic hydroxyl groups is 1. The Morgan fingerprint density at radius 1 is 1.50 bits per heavy atom. The molecule has 5 heteroatoms. The molecule has 1 aromatic rings. The van der Waals surface area contributed by atoms with Gasteiger partial charge in [0.05, 0.1) is 6.61 Å². The van der Waals surface area contributed by atoms with E-state index < -0.39 is 11.8 Å². The summed E-state index contributed by atoms with van der Waals surface area (Å²) in [4.78, 5) is 11.8. The van der Waals surface area contributed by atoms with Gasteiger partial charge in [0.2, 0.25) is 0 Å². The molecule has 0 spiro atoms. The van der Waals surface area contributed by atoms with Gasteiger partial charge in [-0.15, -0.1) is 0 Å². The molecule has 0 aliphatic carbocycles. The van der Waals surface area contributed by atoms with Crippen molar-refractivity contribution in [2.24, 2.45) is 5.10 Å². The van der Waals surface area contributed by atoms with E-state index in [9.17, 15) is 9.90 Å². The molecule has 0 bridgehead atoms. The number of carbonyl (C=O) groups excluding carboxylic acids is 1. The third-order valence-electron chi connectivity index (χ3n) is 2.80. The van der Waals surface area contributed by atoms with Gasteiger partial charge in [-0.05, 0) is 13.8 Å². The summed E-state index contributed by atoms with van der Waals surface area (Å²) in [7, 11) is 0. The first-order chi connectivity index (χ1) is 8.58. The standard InChI is InChI=1S/C13H16N2O3/c1-3-18-12(16)15-13(17,9-10(2)14-15)11-7-5-4-6-8-11/h4-8,17H,3,9H2,1-2H3/t13-/m1/s1. The van der Waals surface area contributed by atoms with Crippen LogP contribution in [-0.4, -0.2) is 28.5 Å². The lowest BCUT2D eigenvalue weighted by Crippen LogP contribution is -2.43. The minimum Gasteiger partial charge on any atom is -0.448 e. The number of hydrazone groups is 1. The monoisotopic (exact) mass is 248 g/mol. The van der Waals surface area contributed by atoms with Crippen molar-refractivity contribution in [2.75, 3.05) is 6.61 Å². The zero-order valence-corrected chi connectivity index (χ0v) is 10.5. The largest absolute Gasteiger partial charge is 0.448 e. The molecule has 1 heterocycles. The molecule has 0 unspecified atom stereocenters. The van der Waals surface area contributed by atoms with Crippen molar-refractivity contribution in [3.05, 3.63) is 35.9 Å². The van der Waals surface area contributed by atoms with Crippen LogP contribution in [0.3, 0.4) is 0 Å². The number of amides is 1. The van der Waals surface area contributed by atoms with E-state index >= 15 is 0 Å². The third-order valence-corrected chi connectivity index (χ3v) is 2.80. The average molecular weight is 248 g/mol. The van der Waals surface area contributed by atoms with E-state index in [-0.39, 0.29) is 13.0 Å². The van der Waals surface area contributed by atoms with Crippen LogP contribution in [-0.2, 0) is 10.5 Å². The zero-order valence-electron chi connectivity index (χ0n) is 10.5. The lowest BCUT2D eigenvalue weighted by atomic mass is 9.98. The summed E-state index contributed by atoms with van der Waals surface area (Å²) in [6.07, 6.45) is -0.351. The Bertz CT molecular complexity index is 472. The van der Waals surface area contributed by atoms with Crippen LogP contribution in [0.25, 0.3) is 0 Å². The normalized spacial score (nSPS) is 22.8. The van der Waals surface area contributed by atoms with Crippen LogP contribution in [0.2, 0.25) is 0 Å². The summed E-state index contributed by atoms with van der Waals surface area (Å²) in [5, 5.41) is 15.8. The summed E-state index contributed by atoms with van der Waals surface area (Å²) >= 11 is 0. The Kier molecular flexibility index (Phi) is 3.34. The predicted octanol–water partition coefficient (Wildman–Crippen LogP) is 2.07. The highest BCUT2D eigenvalue weighted by atomic mass is 16.6. The van der Waals surface area contributed by atoms with Gasteiger partial charge in [0, 0.05) is 17.7 Å². The molecule has 0 radical (unpaired) electrons. The SMILES string of the molecule is CCOC(=O)N1N=C(C)C[C@@]1(O)c1ccccc1. The number of hydrogen-bond donors (Lipinski definition) is 1. The van der Waals surface area contributed by atoms with Crippen LogP contribution >= 0.6 is 0 Å². The molecule has 1 amide bonds. The van der Waals surface area contributed by atoms with Crippen molar-refractivity contribution in [2.45, 2.75) is 26.0 Å². The maximum atomic E-state index is 11.8. The molecular weight excluding hydrogens is 232 g/mol. The summed E-state index contributed by atoms with van der Waals surface area (Å²) in [5.74, 6) is 0. The molecule has 1 atom stereocenters. The number of nitrogens with zero attached hydrogens (tertiary/aromatic N) is 2. The Morgan fingerprint density at radius 3 is 2.78 bits per heavy atom. The molecule has 1 aliphatic rings. The number of rotatable bonds is 2. The fourth-order valence-corrected chi connectivity index (χ4v) is 2.03. The van der Waals surface area contributed by atoms with Crippen molar-refractivity contribution in [3.63, 3.8) is 0 Å². The van der Waals surface area contributed by atoms with E-state index in [1.54, 1.807) is 26.0 Å². The van der Waals surface area contributed by atoms with Crippen LogP contribution in [0.4, 0.5) is 4.79 Å². The Labute approximate surface area is 106 Å². The van der Waals surface area contributed by atoms with Crippen LogP contribution in [0.1, 0.15) is 25.8 Å². The van der Waals surface area contributed by atoms with Crippen molar-refractivity contribution < 1.29 is 14.6 Å². The van der Waals surface area contributed by atoms with Gasteiger partial charge in [0.25, 0.3) is 0 Å². The molecule has 1 N–H and O–H groups in total. The average Bonchev–Trinajstić information content (AvgIpc) is 2.68. The van der Waals surface area contributed by atoms with Crippen molar-refractivity contribution in [1.29, 1.82) is 0 Å². The van der Waals surface area contributed by atoms with Gasteiger partial charge in [0.1, 0.15) is 0 Å². The van der Waals surface area contributed by atoms with E-state index in [1.807, 2.05) is 18.2 Å². The van der Waals surface area contributed by atoms with Gasteiger partial charge in [0.15, 0.2) is 5.72 Å². The lowest BCUT2D eigenvalue weighted by Gasteiger charge is -2.30. The first-order valence-electron chi connectivity index (χ1n) is 5.87. The number of hydrogen-bond acceptors (Lipinski definition) is 4. The minimum absolute atomic E-state index is 0.245. The number of carbonyl (C=O) groups is 1. The van der Waals surface area contributed by atoms with E-state index in [0.717, 1.165) is 5.01 Å². The summed E-state index contributed by atoms with van der Waals surface area (Å²) in [5.41, 5.74) is -0.134. The molecule has 0 saturated carbocycles. The van der Waals surface area contributed by atoms with Gasteiger partial charge in [-0.25, -0.2) is 4.79 Å². The van der Waals surface area contributed by atoms with Crippen molar-refractivity contribution >= 4 is 11.8 Å².